The molecule has 2 heterocycles. The zero-order chi connectivity index (χ0) is 21.8. The van der Waals surface area contributed by atoms with E-state index in [4.69, 9.17) is 4.74 Å². The molecule has 0 radical (unpaired) electrons. The Morgan fingerprint density at radius 2 is 1.71 bits per heavy atom. The Balaban J connectivity index is 1.53. The van der Waals surface area contributed by atoms with Crippen molar-refractivity contribution < 1.29 is 9.53 Å². The highest BCUT2D eigenvalue weighted by atomic mass is 16.5. The Hall–Kier alpha value is -4.26. The second kappa shape index (κ2) is 8.62. The van der Waals surface area contributed by atoms with Crippen LogP contribution in [0.25, 0.3) is 5.69 Å². The van der Waals surface area contributed by atoms with Gasteiger partial charge in [0, 0.05) is 19.5 Å². The highest BCUT2D eigenvalue weighted by Crippen LogP contribution is 2.18. The average Bonchev–Trinajstić information content (AvgIpc) is 3.02. The molecule has 0 unspecified atom stereocenters. The minimum atomic E-state index is -0.525. The number of pyridine rings is 1. The molecular weight excluding hydrogens is 392 g/mol. The van der Waals surface area contributed by atoms with Gasteiger partial charge in [-0.25, -0.2) is 19.5 Å². The molecule has 0 N–H and O–H groups in total. The molecule has 31 heavy (non-hydrogen) atoms. The maximum atomic E-state index is 12.9. The third kappa shape index (κ3) is 4.20. The van der Waals surface area contributed by atoms with Crippen molar-refractivity contribution in [2.75, 3.05) is 0 Å². The quantitative estimate of drug-likeness (QED) is 0.283. The van der Waals surface area contributed by atoms with Gasteiger partial charge in [0.05, 0.1) is 11.4 Å². The Morgan fingerprint density at radius 3 is 2.39 bits per heavy atom. The van der Waals surface area contributed by atoms with E-state index >= 15 is 0 Å². The number of hydrogen-bond acceptors (Lipinski definition) is 5. The summed E-state index contributed by atoms with van der Waals surface area (Å²) in [4.78, 5) is 33.4. The maximum absolute atomic E-state index is 12.9. The van der Waals surface area contributed by atoms with Crippen LogP contribution in [-0.2, 0) is 7.05 Å². The van der Waals surface area contributed by atoms with Gasteiger partial charge in [-0.2, -0.15) is 0 Å². The monoisotopic (exact) mass is 412 g/mol. The molecule has 4 aromatic rings. The maximum Gasteiger partial charge on any atom is 0.362 e. The van der Waals surface area contributed by atoms with Gasteiger partial charge in [0.1, 0.15) is 11.4 Å². The van der Waals surface area contributed by atoms with Crippen molar-refractivity contribution in [3.05, 3.63) is 106 Å². The van der Waals surface area contributed by atoms with Crippen LogP contribution in [-0.4, -0.2) is 26.5 Å². The van der Waals surface area contributed by atoms with Crippen molar-refractivity contribution in [1.29, 1.82) is 0 Å². The van der Waals surface area contributed by atoms with Crippen LogP contribution >= 0.6 is 0 Å². The van der Waals surface area contributed by atoms with Gasteiger partial charge < -0.3 is 4.74 Å². The molecule has 7 nitrogen and oxygen atoms in total. The van der Waals surface area contributed by atoms with Crippen molar-refractivity contribution in [1.82, 2.24) is 14.3 Å². The Morgan fingerprint density at radius 1 is 1.00 bits per heavy atom. The SMILES string of the molecule is Cc1c(N=Cc2ccc(OC(=O)c3ccccn3)cc2)c(=O)n(-c2ccccc2)n1C. The third-order valence-corrected chi connectivity index (χ3v) is 4.83. The predicted octanol–water partition coefficient (Wildman–Crippen LogP) is 3.85. The number of rotatable bonds is 5. The van der Waals surface area contributed by atoms with Gasteiger partial charge in [-0.1, -0.05) is 24.3 Å². The summed E-state index contributed by atoms with van der Waals surface area (Å²) in [7, 11) is 1.83. The van der Waals surface area contributed by atoms with Crippen molar-refractivity contribution in [2.24, 2.45) is 12.0 Å². The topological polar surface area (TPSA) is 78.5 Å². The number of benzene rings is 2. The molecule has 0 saturated carbocycles. The van der Waals surface area contributed by atoms with E-state index in [-0.39, 0.29) is 11.3 Å². The van der Waals surface area contributed by atoms with Gasteiger partial charge in [-0.3, -0.25) is 9.48 Å². The number of ether oxygens (including phenoxy) is 1. The number of para-hydroxylation sites is 1. The summed E-state index contributed by atoms with van der Waals surface area (Å²) >= 11 is 0. The van der Waals surface area contributed by atoms with Gasteiger partial charge >= 0.3 is 5.97 Å². The second-order valence-corrected chi connectivity index (χ2v) is 6.84. The lowest BCUT2D eigenvalue weighted by atomic mass is 10.2. The van der Waals surface area contributed by atoms with Crippen LogP contribution in [0.1, 0.15) is 21.7 Å². The fourth-order valence-electron chi connectivity index (χ4n) is 3.11. The minimum Gasteiger partial charge on any atom is -0.422 e. The van der Waals surface area contributed by atoms with Crippen molar-refractivity contribution in [3.63, 3.8) is 0 Å². The highest BCUT2D eigenvalue weighted by Gasteiger charge is 2.15. The summed E-state index contributed by atoms with van der Waals surface area (Å²) in [5.41, 5.74) is 2.72. The zero-order valence-corrected chi connectivity index (χ0v) is 17.1. The summed E-state index contributed by atoms with van der Waals surface area (Å²) in [5.74, 6) is -0.126. The van der Waals surface area contributed by atoms with Crippen LogP contribution < -0.4 is 10.3 Å². The standard InChI is InChI=1S/C24H20N4O3/c1-17-22(23(29)28(27(17)2)19-8-4-3-5-9-19)26-16-18-11-13-20(14-12-18)31-24(30)21-10-6-7-15-25-21/h3-16H,1-2H3. The van der Waals surface area contributed by atoms with E-state index in [2.05, 4.69) is 9.98 Å². The summed E-state index contributed by atoms with van der Waals surface area (Å²) in [6.45, 7) is 1.85. The molecule has 0 atom stereocenters. The molecule has 2 aromatic heterocycles. The van der Waals surface area contributed by atoms with Gasteiger partial charge in [-0.05, 0) is 61.0 Å². The number of esters is 1. The van der Waals surface area contributed by atoms with Gasteiger partial charge in [0.15, 0.2) is 5.69 Å². The molecule has 0 amide bonds. The van der Waals surface area contributed by atoms with Crippen LogP contribution in [0.4, 0.5) is 5.69 Å². The second-order valence-electron chi connectivity index (χ2n) is 6.84. The first-order valence-corrected chi connectivity index (χ1v) is 9.66. The fraction of sp³-hybridized carbons (Fsp3) is 0.0833. The van der Waals surface area contributed by atoms with Gasteiger partial charge in [0.2, 0.25) is 0 Å². The lowest BCUT2D eigenvalue weighted by molar-refractivity contribution is 0.0728. The van der Waals surface area contributed by atoms with Gasteiger partial charge in [0.25, 0.3) is 5.56 Å². The van der Waals surface area contributed by atoms with Crippen LogP contribution in [0, 0.1) is 6.92 Å². The molecule has 0 saturated heterocycles. The van der Waals surface area contributed by atoms with E-state index < -0.39 is 5.97 Å². The Bertz CT molecular complexity index is 1290. The predicted molar refractivity (Wildman–Crippen MR) is 119 cm³/mol. The normalized spacial score (nSPS) is 11.0. The lowest BCUT2D eigenvalue weighted by Crippen LogP contribution is -2.19. The summed E-state index contributed by atoms with van der Waals surface area (Å²) < 4.78 is 8.69. The molecule has 0 aliphatic rings. The molecule has 154 valence electrons. The first-order valence-electron chi connectivity index (χ1n) is 9.66. The van der Waals surface area contributed by atoms with E-state index in [1.165, 1.54) is 6.20 Å². The molecule has 2 aromatic carbocycles. The van der Waals surface area contributed by atoms with E-state index in [1.807, 2.05) is 44.3 Å². The van der Waals surface area contributed by atoms with Crippen LogP contribution in [0.15, 0.2) is 88.8 Å². The van der Waals surface area contributed by atoms with Crippen LogP contribution in [0.3, 0.4) is 0 Å². The van der Waals surface area contributed by atoms with E-state index in [1.54, 1.807) is 58.0 Å². The summed E-state index contributed by atoms with van der Waals surface area (Å²) in [6, 6.07) is 21.3. The average molecular weight is 412 g/mol. The number of carbonyl (C=O) groups excluding carboxylic acids is 1. The molecule has 0 aliphatic carbocycles. The number of hydrogen-bond donors (Lipinski definition) is 0. The van der Waals surface area contributed by atoms with E-state index in [9.17, 15) is 9.59 Å². The first kappa shape index (κ1) is 20.0. The molecule has 7 heteroatoms. The van der Waals surface area contributed by atoms with E-state index in [0.717, 1.165) is 16.9 Å². The van der Waals surface area contributed by atoms with Crippen LogP contribution in [0.5, 0.6) is 5.75 Å². The van der Waals surface area contributed by atoms with E-state index in [0.29, 0.717) is 11.4 Å². The number of aliphatic imine (C=N–C) groups is 1. The number of carbonyl (C=O) groups is 1. The molecule has 0 fully saturated rings. The highest BCUT2D eigenvalue weighted by molar-refractivity contribution is 5.89. The Kier molecular flexibility index (Phi) is 5.57. The smallest absolute Gasteiger partial charge is 0.362 e. The fourth-order valence-corrected chi connectivity index (χ4v) is 3.11. The third-order valence-electron chi connectivity index (χ3n) is 4.83. The zero-order valence-electron chi connectivity index (χ0n) is 17.1. The molecule has 4 rings (SSSR count). The van der Waals surface area contributed by atoms with Crippen molar-refractivity contribution >= 4 is 17.9 Å². The number of nitrogens with zero attached hydrogens (tertiary/aromatic N) is 4. The van der Waals surface area contributed by atoms with Crippen molar-refractivity contribution in [3.8, 4) is 11.4 Å². The van der Waals surface area contributed by atoms with Crippen molar-refractivity contribution in [2.45, 2.75) is 6.92 Å². The Labute approximate surface area is 178 Å². The van der Waals surface area contributed by atoms with Gasteiger partial charge in [-0.15, -0.1) is 0 Å². The molecule has 0 aliphatic heterocycles. The summed E-state index contributed by atoms with van der Waals surface area (Å²) in [5, 5.41) is 0. The minimum absolute atomic E-state index is 0.191. The molecular formula is C24H20N4O3. The largest absolute Gasteiger partial charge is 0.422 e. The first-order chi connectivity index (χ1) is 15.0. The molecule has 0 spiro atoms. The summed E-state index contributed by atoms with van der Waals surface area (Å²) in [6.07, 6.45) is 3.15. The lowest BCUT2D eigenvalue weighted by Gasteiger charge is -2.07. The van der Waals surface area contributed by atoms with Crippen LogP contribution in [0.2, 0.25) is 0 Å². The number of aromatic nitrogens is 3. The molecule has 0 bridgehead atoms.